The molecule has 0 bridgehead atoms. The zero-order valence-corrected chi connectivity index (χ0v) is 12.8. The molecule has 2 aliphatic heterocycles. The van der Waals surface area contributed by atoms with Gasteiger partial charge < -0.3 is 15.4 Å². The molecule has 1 fully saturated rings. The van der Waals surface area contributed by atoms with E-state index >= 15 is 0 Å². The molecule has 6 heteroatoms. The molecule has 1 aromatic carbocycles. The van der Waals surface area contributed by atoms with Crippen LogP contribution in [0.5, 0.6) is 0 Å². The lowest BCUT2D eigenvalue weighted by atomic mass is 9.89. The summed E-state index contributed by atoms with van der Waals surface area (Å²) in [4.78, 5) is 26.5. The Hall–Kier alpha value is -2.24. The van der Waals surface area contributed by atoms with E-state index in [4.69, 9.17) is 0 Å². The largest absolute Gasteiger partial charge is 0.431 e. The van der Waals surface area contributed by atoms with Crippen molar-refractivity contribution < 1.29 is 9.59 Å². The molecule has 0 radical (unpaired) electrons. The van der Waals surface area contributed by atoms with E-state index in [2.05, 4.69) is 24.0 Å². The lowest BCUT2D eigenvalue weighted by Gasteiger charge is -2.31. The molecule has 0 saturated carbocycles. The summed E-state index contributed by atoms with van der Waals surface area (Å²) in [5.41, 5.74) is 3.43. The van der Waals surface area contributed by atoms with Crippen LogP contribution in [-0.4, -0.2) is 30.2 Å². The number of carbonyl (C=O) groups excluding carboxylic acids is 2. The number of anilines is 1. The molecule has 1 unspecified atom stereocenters. The number of hydrogen-bond acceptors (Lipinski definition) is 3. The predicted octanol–water partition coefficient (Wildman–Crippen LogP) is 1.64. The molecule has 3 rings (SSSR count). The zero-order valence-electron chi connectivity index (χ0n) is 12.8. The third-order valence-electron chi connectivity index (χ3n) is 4.26. The van der Waals surface area contributed by atoms with Crippen LogP contribution in [0.1, 0.15) is 35.7 Å². The first-order valence-electron chi connectivity index (χ1n) is 7.77. The molecule has 1 saturated heterocycles. The fourth-order valence-electron chi connectivity index (χ4n) is 3.09. The number of nitrogens with one attached hydrogen (secondary N) is 2. The van der Waals surface area contributed by atoms with Crippen LogP contribution in [0.4, 0.5) is 5.69 Å². The van der Waals surface area contributed by atoms with Crippen LogP contribution in [0.3, 0.4) is 0 Å². The van der Waals surface area contributed by atoms with Crippen molar-refractivity contribution in [1.82, 2.24) is 10.2 Å². The average Bonchev–Trinajstić information content (AvgIpc) is 2.83. The smallest absolute Gasteiger partial charge is 0.255 e. The van der Waals surface area contributed by atoms with E-state index in [1.165, 1.54) is 0 Å². The highest BCUT2D eigenvalue weighted by atomic mass is 16.2. The standard InChI is InChI=1S/C16H20BN3O2/c1-3-17-19-13-6-4-5-11-12(13)9-20(16(11)22)14-8-7-10(2)18-15(14)21/h4-6,14,17,19H,2-3,7-9H2,1H3,(H,18,21). The summed E-state index contributed by atoms with van der Waals surface area (Å²) in [5, 5.41) is 6.12. The molecule has 1 aromatic rings. The van der Waals surface area contributed by atoms with Crippen LogP contribution >= 0.6 is 0 Å². The van der Waals surface area contributed by atoms with Crippen LogP contribution in [-0.2, 0) is 11.3 Å². The Labute approximate surface area is 131 Å². The Balaban J connectivity index is 1.84. The van der Waals surface area contributed by atoms with E-state index in [-0.39, 0.29) is 11.8 Å². The Morgan fingerprint density at radius 2 is 2.27 bits per heavy atom. The fourth-order valence-corrected chi connectivity index (χ4v) is 3.09. The van der Waals surface area contributed by atoms with Crippen LogP contribution in [0.15, 0.2) is 30.5 Å². The second-order valence-electron chi connectivity index (χ2n) is 5.84. The lowest BCUT2D eigenvalue weighted by molar-refractivity contribution is -0.126. The van der Waals surface area contributed by atoms with Gasteiger partial charge in [0.25, 0.3) is 5.91 Å². The molecule has 0 aromatic heterocycles. The van der Waals surface area contributed by atoms with Gasteiger partial charge in [-0.1, -0.05) is 25.9 Å². The molecule has 2 heterocycles. The fraction of sp³-hybridized carbons (Fsp3) is 0.375. The van der Waals surface area contributed by atoms with Crippen molar-refractivity contribution in [3.8, 4) is 0 Å². The van der Waals surface area contributed by atoms with Gasteiger partial charge in [0.15, 0.2) is 0 Å². The van der Waals surface area contributed by atoms with E-state index in [0.717, 1.165) is 37.1 Å². The third kappa shape index (κ3) is 2.49. The van der Waals surface area contributed by atoms with Gasteiger partial charge in [0.05, 0.1) is 0 Å². The number of nitrogens with zero attached hydrogens (tertiary/aromatic N) is 1. The second-order valence-corrected chi connectivity index (χ2v) is 5.84. The van der Waals surface area contributed by atoms with E-state index in [0.29, 0.717) is 18.5 Å². The molecule has 0 spiro atoms. The van der Waals surface area contributed by atoms with Gasteiger partial charge in [-0.2, -0.15) is 0 Å². The molecular weight excluding hydrogens is 277 g/mol. The summed E-state index contributed by atoms with van der Waals surface area (Å²) in [6, 6.07) is 5.33. The maximum absolute atomic E-state index is 12.6. The quantitative estimate of drug-likeness (QED) is 0.831. The lowest BCUT2D eigenvalue weighted by Crippen LogP contribution is -2.49. The van der Waals surface area contributed by atoms with Crippen LogP contribution < -0.4 is 10.5 Å². The Morgan fingerprint density at radius 3 is 3.00 bits per heavy atom. The van der Waals surface area contributed by atoms with Crippen molar-refractivity contribution in [1.29, 1.82) is 0 Å². The summed E-state index contributed by atoms with van der Waals surface area (Å²) in [6.07, 6.45) is 2.38. The summed E-state index contributed by atoms with van der Waals surface area (Å²) < 4.78 is 0. The minimum Gasteiger partial charge on any atom is -0.431 e. The normalized spacial score (nSPS) is 20.7. The molecule has 2 amide bonds. The minimum atomic E-state index is -0.399. The van der Waals surface area contributed by atoms with Crippen molar-refractivity contribution in [3.63, 3.8) is 0 Å². The number of hydrogen-bond donors (Lipinski definition) is 2. The first-order chi connectivity index (χ1) is 10.6. The monoisotopic (exact) mass is 297 g/mol. The molecular formula is C16H20BN3O2. The SMILES string of the molecule is C=C1CCC(N2Cc3c(NBCC)cccc3C2=O)C(=O)N1. The number of amides is 2. The van der Waals surface area contributed by atoms with Crippen LogP contribution in [0.25, 0.3) is 0 Å². The second kappa shape index (κ2) is 5.87. The molecule has 114 valence electrons. The van der Waals surface area contributed by atoms with Gasteiger partial charge in [0.2, 0.25) is 13.3 Å². The first kappa shape index (κ1) is 14.7. The Bertz CT molecular complexity index is 644. The maximum atomic E-state index is 12.6. The minimum absolute atomic E-state index is 0.0530. The molecule has 5 nitrogen and oxygen atoms in total. The summed E-state index contributed by atoms with van der Waals surface area (Å²) in [5.74, 6) is -0.178. The van der Waals surface area contributed by atoms with Gasteiger partial charge in [0, 0.05) is 29.1 Å². The average molecular weight is 297 g/mol. The summed E-state index contributed by atoms with van der Waals surface area (Å²) in [6.45, 7) is 6.38. The molecule has 0 aliphatic carbocycles. The van der Waals surface area contributed by atoms with Crippen molar-refractivity contribution in [2.45, 2.75) is 38.7 Å². The molecule has 2 N–H and O–H groups in total. The van der Waals surface area contributed by atoms with Crippen LogP contribution in [0, 0.1) is 0 Å². The number of benzene rings is 1. The van der Waals surface area contributed by atoms with E-state index in [1.54, 1.807) is 4.90 Å². The van der Waals surface area contributed by atoms with E-state index < -0.39 is 6.04 Å². The molecule has 2 aliphatic rings. The van der Waals surface area contributed by atoms with Gasteiger partial charge in [-0.3, -0.25) is 9.59 Å². The van der Waals surface area contributed by atoms with E-state index in [1.807, 2.05) is 18.2 Å². The number of allylic oxidation sites excluding steroid dienone is 1. The van der Waals surface area contributed by atoms with E-state index in [9.17, 15) is 9.59 Å². The highest BCUT2D eigenvalue weighted by Crippen LogP contribution is 2.32. The number of fused-ring (bicyclic) bond motifs is 1. The molecule has 1 atom stereocenters. The van der Waals surface area contributed by atoms with Crippen molar-refractivity contribution in [3.05, 3.63) is 41.6 Å². The predicted molar refractivity (Wildman–Crippen MR) is 87.9 cm³/mol. The van der Waals surface area contributed by atoms with Gasteiger partial charge in [-0.25, -0.2) is 0 Å². The van der Waals surface area contributed by atoms with Gasteiger partial charge in [-0.15, -0.1) is 0 Å². The number of piperidine rings is 1. The van der Waals surface area contributed by atoms with Crippen molar-refractivity contribution in [2.24, 2.45) is 0 Å². The van der Waals surface area contributed by atoms with Gasteiger partial charge >= 0.3 is 0 Å². The maximum Gasteiger partial charge on any atom is 0.255 e. The van der Waals surface area contributed by atoms with Crippen molar-refractivity contribution >= 4 is 24.9 Å². The van der Waals surface area contributed by atoms with Crippen molar-refractivity contribution in [2.75, 3.05) is 5.23 Å². The number of carbonyl (C=O) groups is 2. The number of rotatable bonds is 4. The van der Waals surface area contributed by atoms with Crippen LogP contribution in [0.2, 0.25) is 6.32 Å². The highest BCUT2D eigenvalue weighted by molar-refractivity contribution is 6.40. The molecule has 22 heavy (non-hydrogen) atoms. The van der Waals surface area contributed by atoms with Gasteiger partial charge in [0.1, 0.15) is 6.04 Å². The Kier molecular flexibility index (Phi) is 3.92. The highest BCUT2D eigenvalue weighted by Gasteiger charge is 2.38. The topological polar surface area (TPSA) is 61.4 Å². The van der Waals surface area contributed by atoms with Gasteiger partial charge in [-0.05, 0) is 25.0 Å². The Morgan fingerprint density at radius 1 is 1.45 bits per heavy atom. The summed E-state index contributed by atoms with van der Waals surface area (Å²) >= 11 is 0. The summed E-state index contributed by atoms with van der Waals surface area (Å²) in [7, 11) is 0.869. The first-order valence-corrected chi connectivity index (χ1v) is 7.77. The zero-order chi connectivity index (χ0) is 15.7. The third-order valence-corrected chi connectivity index (χ3v) is 4.26.